The van der Waals surface area contributed by atoms with Gasteiger partial charge in [0.2, 0.25) is 5.91 Å². The second kappa shape index (κ2) is 4.86. The Hall–Kier alpha value is -2.84. The summed E-state index contributed by atoms with van der Waals surface area (Å²) < 4.78 is 38.6. The molecule has 9 heteroatoms. The number of nitrogens with one attached hydrogen (secondary N) is 2. The second-order valence-electron chi connectivity index (χ2n) is 4.63. The largest absolute Gasteiger partial charge is 0.432 e. The topological polar surface area (TPSA) is 75.1 Å². The molecule has 0 bridgehead atoms. The van der Waals surface area contributed by atoms with Gasteiger partial charge in [-0.15, -0.1) is 5.10 Å². The van der Waals surface area contributed by atoms with Gasteiger partial charge in [-0.3, -0.25) is 9.89 Å². The molecule has 2 N–H and O–H groups in total. The highest BCUT2D eigenvalue weighted by atomic mass is 19.4. The van der Waals surface area contributed by atoms with Crippen LogP contribution in [0, 0.1) is 0 Å². The SMILES string of the molecule is CC(=O)Nc1ccc(-c2nc3cc(C(F)(F)F)[nH]n3n2)cc1. The fourth-order valence-electron chi connectivity index (χ4n) is 1.95. The van der Waals surface area contributed by atoms with E-state index in [1.165, 1.54) is 6.92 Å². The highest BCUT2D eigenvalue weighted by Gasteiger charge is 2.33. The van der Waals surface area contributed by atoms with E-state index in [4.69, 9.17) is 0 Å². The van der Waals surface area contributed by atoms with Crippen LogP contribution in [0.15, 0.2) is 30.3 Å². The number of halogens is 3. The minimum Gasteiger partial charge on any atom is -0.326 e. The lowest BCUT2D eigenvalue weighted by atomic mass is 10.2. The summed E-state index contributed by atoms with van der Waals surface area (Å²) in [5, 5.41) is 8.71. The van der Waals surface area contributed by atoms with Crippen LogP contribution in [0.3, 0.4) is 0 Å². The molecule has 22 heavy (non-hydrogen) atoms. The molecule has 0 atom stereocenters. The monoisotopic (exact) mass is 309 g/mol. The fourth-order valence-corrected chi connectivity index (χ4v) is 1.95. The first-order valence-corrected chi connectivity index (χ1v) is 6.24. The number of anilines is 1. The van der Waals surface area contributed by atoms with Crippen LogP contribution in [-0.4, -0.2) is 25.7 Å². The Morgan fingerprint density at radius 1 is 1.27 bits per heavy atom. The molecule has 1 amide bonds. The van der Waals surface area contributed by atoms with E-state index in [0.29, 0.717) is 11.3 Å². The van der Waals surface area contributed by atoms with Gasteiger partial charge < -0.3 is 5.32 Å². The number of rotatable bonds is 2. The van der Waals surface area contributed by atoms with Crippen LogP contribution in [0.25, 0.3) is 17.0 Å². The molecule has 114 valence electrons. The molecule has 0 unspecified atom stereocenters. The first kappa shape index (κ1) is 14.1. The van der Waals surface area contributed by atoms with Crippen LogP contribution in [0.2, 0.25) is 0 Å². The first-order valence-electron chi connectivity index (χ1n) is 6.24. The number of nitrogens with zero attached hydrogens (tertiary/aromatic N) is 3. The lowest BCUT2D eigenvalue weighted by Crippen LogP contribution is -2.06. The van der Waals surface area contributed by atoms with E-state index in [1.54, 1.807) is 24.3 Å². The van der Waals surface area contributed by atoms with Crippen molar-refractivity contribution in [3.63, 3.8) is 0 Å². The highest BCUT2D eigenvalue weighted by Crippen LogP contribution is 2.29. The van der Waals surface area contributed by atoms with E-state index in [1.807, 2.05) is 0 Å². The Balaban J connectivity index is 1.90. The quantitative estimate of drug-likeness (QED) is 0.764. The highest BCUT2D eigenvalue weighted by molar-refractivity contribution is 5.88. The molecular formula is C13H10F3N5O. The average Bonchev–Trinajstić information content (AvgIpc) is 2.96. The number of alkyl halides is 3. The molecule has 0 saturated heterocycles. The number of aromatic amines is 1. The molecule has 1 aromatic carbocycles. The maximum Gasteiger partial charge on any atom is 0.432 e. The lowest BCUT2D eigenvalue weighted by Gasteiger charge is -2.02. The van der Waals surface area contributed by atoms with Crippen LogP contribution in [0.4, 0.5) is 18.9 Å². The Kier molecular flexibility index (Phi) is 3.12. The van der Waals surface area contributed by atoms with Crippen LogP contribution < -0.4 is 5.32 Å². The number of hydrogen-bond acceptors (Lipinski definition) is 3. The number of hydrogen-bond donors (Lipinski definition) is 2. The molecule has 0 spiro atoms. The number of H-pyrrole nitrogens is 1. The summed E-state index contributed by atoms with van der Waals surface area (Å²) in [5.41, 5.74) is 0.406. The average molecular weight is 309 g/mol. The lowest BCUT2D eigenvalue weighted by molar-refractivity contribution is -0.141. The van der Waals surface area contributed by atoms with Crippen molar-refractivity contribution in [2.24, 2.45) is 0 Å². The number of aromatic nitrogens is 4. The van der Waals surface area contributed by atoms with Gasteiger partial charge in [0.15, 0.2) is 11.5 Å². The molecular weight excluding hydrogens is 299 g/mol. The molecule has 2 aromatic heterocycles. The van der Waals surface area contributed by atoms with E-state index < -0.39 is 11.9 Å². The predicted octanol–water partition coefficient (Wildman–Crippen LogP) is 2.70. The Labute approximate surface area is 121 Å². The second-order valence-corrected chi connectivity index (χ2v) is 4.63. The van der Waals surface area contributed by atoms with E-state index >= 15 is 0 Å². The molecule has 3 aromatic rings. The van der Waals surface area contributed by atoms with Gasteiger partial charge in [-0.25, -0.2) is 4.98 Å². The predicted molar refractivity (Wildman–Crippen MR) is 72.1 cm³/mol. The molecule has 0 saturated carbocycles. The minimum atomic E-state index is -4.47. The van der Waals surface area contributed by atoms with Gasteiger partial charge >= 0.3 is 6.18 Å². The summed E-state index contributed by atoms with van der Waals surface area (Å²) in [4.78, 5) is 15.0. The van der Waals surface area contributed by atoms with Gasteiger partial charge in [0.25, 0.3) is 0 Å². The zero-order valence-electron chi connectivity index (χ0n) is 11.3. The van der Waals surface area contributed by atoms with E-state index in [0.717, 1.165) is 10.7 Å². The first-order chi connectivity index (χ1) is 10.3. The molecule has 2 heterocycles. The third-order valence-corrected chi connectivity index (χ3v) is 2.90. The van der Waals surface area contributed by atoms with Crippen molar-refractivity contribution in [1.82, 2.24) is 19.8 Å². The maximum absolute atomic E-state index is 12.5. The smallest absolute Gasteiger partial charge is 0.326 e. The molecule has 0 fully saturated rings. The van der Waals surface area contributed by atoms with Gasteiger partial charge in [0, 0.05) is 24.2 Å². The Morgan fingerprint density at radius 2 is 1.95 bits per heavy atom. The number of carbonyl (C=O) groups excluding carboxylic acids is 1. The number of carbonyl (C=O) groups is 1. The van der Waals surface area contributed by atoms with Crippen molar-refractivity contribution < 1.29 is 18.0 Å². The molecule has 0 aliphatic carbocycles. The standard InChI is InChI=1S/C13H10F3N5O/c1-7(22)17-9-4-2-8(3-5-9)12-18-11-6-10(13(14,15)16)19-21(11)20-12/h2-6,19H,1H3,(H,17,22). The Bertz CT molecular complexity index is 800. The van der Waals surface area contributed by atoms with Gasteiger partial charge in [0.1, 0.15) is 5.69 Å². The van der Waals surface area contributed by atoms with E-state index in [2.05, 4.69) is 20.5 Å². The Morgan fingerprint density at radius 3 is 2.50 bits per heavy atom. The maximum atomic E-state index is 12.5. The van der Waals surface area contributed by atoms with E-state index in [-0.39, 0.29) is 17.4 Å². The third kappa shape index (κ3) is 2.65. The fraction of sp³-hybridized carbons (Fsp3) is 0.154. The zero-order chi connectivity index (χ0) is 15.9. The molecule has 0 aliphatic heterocycles. The summed E-state index contributed by atoms with van der Waals surface area (Å²) in [7, 11) is 0. The van der Waals surface area contributed by atoms with Gasteiger partial charge in [-0.1, -0.05) is 0 Å². The van der Waals surface area contributed by atoms with E-state index in [9.17, 15) is 18.0 Å². The summed E-state index contributed by atoms with van der Waals surface area (Å²) in [6.45, 7) is 1.39. The van der Waals surface area contributed by atoms with Crippen LogP contribution in [-0.2, 0) is 11.0 Å². The zero-order valence-corrected chi connectivity index (χ0v) is 11.3. The van der Waals surface area contributed by atoms with Crippen molar-refractivity contribution in [2.45, 2.75) is 13.1 Å². The van der Waals surface area contributed by atoms with Crippen LogP contribution >= 0.6 is 0 Å². The van der Waals surface area contributed by atoms with Crippen molar-refractivity contribution >= 4 is 17.2 Å². The minimum absolute atomic E-state index is 0.0771. The van der Waals surface area contributed by atoms with Crippen LogP contribution in [0.1, 0.15) is 12.6 Å². The van der Waals surface area contributed by atoms with Crippen molar-refractivity contribution in [1.29, 1.82) is 0 Å². The normalized spacial score (nSPS) is 11.8. The third-order valence-electron chi connectivity index (χ3n) is 2.90. The van der Waals surface area contributed by atoms with Crippen molar-refractivity contribution in [2.75, 3.05) is 5.32 Å². The number of amides is 1. The van der Waals surface area contributed by atoms with Crippen LogP contribution in [0.5, 0.6) is 0 Å². The molecule has 6 nitrogen and oxygen atoms in total. The van der Waals surface area contributed by atoms with Gasteiger partial charge in [-0.05, 0) is 24.3 Å². The number of benzene rings is 1. The summed E-state index contributed by atoms with van der Waals surface area (Å²) in [5.74, 6) is 0.0928. The molecule has 3 rings (SSSR count). The van der Waals surface area contributed by atoms with Crippen molar-refractivity contribution in [3.05, 3.63) is 36.0 Å². The van der Waals surface area contributed by atoms with Gasteiger partial charge in [-0.2, -0.15) is 17.8 Å². The summed E-state index contributed by atoms with van der Waals surface area (Å²) in [6.07, 6.45) is -4.47. The van der Waals surface area contributed by atoms with Crippen molar-refractivity contribution in [3.8, 4) is 11.4 Å². The van der Waals surface area contributed by atoms with Gasteiger partial charge in [0.05, 0.1) is 0 Å². The molecule has 0 aliphatic rings. The number of fused-ring (bicyclic) bond motifs is 1. The summed E-state index contributed by atoms with van der Waals surface area (Å²) in [6, 6.07) is 7.55. The molecule has 0 radical (unpaired) electrons. The summed E-state index contributed by atoms with van der Waals surface area (Å²) >= 11 is 0.